The Hall–Kier alpha value is -4.87. The lowest BCUT2D eigenvalue weighted by Crippen LogP contribution is -1.96. The Morgan fingerprint density at radius 1 is 0.615 bits per heavy atom. The molecule has 5 heteroatoms. The fourth-order valence-electron chi connectivity index (χ4n) is 5.01. The van der Waals surface area contributed by atoms with Crippen molar-refractivity contribution < 1.29 is 5.11 Å². The van der Waals surface area contributed by atoms with E-state index in [4.69, 9.17) is 4.98 Å². The molecule has 0 aliphatic carbocycles. The van der Waals surface area contributed by atoms with Gasteiger partial charge < -0.3 is 5.11 Å². The number of benzene rings is 4. The molecule has 7 rings (SSSR count). The Labute approximate surface area is 230 Å². The number of phenols is 1. The first-order chi connectivity index (χ1) is 19.2. The van der Waals surface area contributed by atoms with E-state index >= 15 is 0 Å². The minimum absolute atomic E-state index is 0.219. The van der Waals surface area contributed by atoms with Crippen molar-refractivity contribution in [3.8, 4) is 33.8 Å². The number of aromatic hydroxyl groups is 1. The first-order valence-corrected chi connectivity index (χ1v) is 13.5. The van der Waals surface area contributed by atoms with Crippen LogP contribution in [-0.4, -0.2) is 19.6 Å². The van der Waals surface area contributed by atoms with Crippen LogP contribution in [0.2, 0.25) is 0 Å². The molecule has 7 aromatic rings. The van der Waals surface area contributed by atoms with Crippen molar-refractivity contribution in [2.24, 2.45) is 0 Å². The smallest absolute Gasteiger partial charge is 0.146 e. The Morgan fingerprint density at radius 3 is 2.31 bits per heavy atom. The van der Waals surface area contributed by atoms with Gasteiger partial charge in [0.15, 0.2) is 0 Å². The fraction of sp³-hybridized carbons (Fsp3) is 0. The summed E-state index contributed by atoms with van der Waals surface area (Å²) in [7, 11) is 0. The highest BCUT2D eigenvalue weighted by molar-refractivity contribution is 7.99. The van der Waals surface area contributed by atoms with E-state index in [2.05, 4.69) is 83.8 Å². The van der Waals surface area contributed by atoms with Crippen LogP contribution in [0.1, 0.15) is 0 Å². The molecule has 0 saturated carbocycles. The van der Waals surface area contributed by atoms with Crippen LogP contribution in [0.25, 0.3) is 50.0 Å². The third-order valence-corrected chi connectivity index (χ3v) is 7.76. The topological polar surface area (TPSA) is 50.9 Å². The monoisotopic (exact) mass is 521 g/mol. The standard InChI is InChI=1S/C34H23N3OS/c38-32-16-7-6-15-31(32)37-30-14-5-4-13-27(30)28-17-18-29(36-34(28)37)25-11-8-12-26(21-25)39-33-22-24(19-20-35-33)23-9-2-1-3-10-23/h1-22,38H. The Balaban J connectivity index is 1.29. The molecule has 4 aromatic carbocycles. The summed E-state index contributed by atoms with van der Waals surface area (Å²) in [5.41, 5.74) is 6.74. The minimum atomic E-state index is 0.219. The Kier molecular flexibility index (Phi) is 5.83. The molecule has 0 bridgehead atoms. The molecule has 3 aromatic heterocycles. The normalized spacial score (nSPS) is 11.3. The maximum Gasteiger partial charge on any atom is 0.146 e. The maximum atomic E-state index is 10.7. The number of rotatable bonds is 5. The van der Waals surface area contributed by atoms with Crippen molar-refractivity contribution in [1.29, 1.82) is 0 Å². The summed E-state index contributed by atoms with van der Waals surface area (Å²) in [6, 6.07) is 42.7. The molecule has 1 N–H and O–H groups in total. The molecule has 39 heavy (non-hydrogen) atoms. The summed E-state index contributed by atoms with van der Waals surface area (Å²) in [6.07, 6.45) is 1.86. The van der Waals surface area contributed by atoms with Gasteiger partial charge in [-0.05, 0) is 65.7 Å². The van der Waals surface area contributed by atoms with Gasteiger partial charge in [-0.25, -0.2) is 9.97 Å². The zero-order valence-corrected chi connectivity index (χ0v) is 21.7. The molecule has 0 spiro atoms. The van der Waals surface area contributed by atoms with Gasteiger partial charge in [0.2, 0.25) is 0 Å². The van der Waals surface area contributed by atoms with E-state index in [0.717, 1.165) is 48.7 Å². The zero-order chi connectivity index (χ0) is 26.2. The second-order valence-electron chi connectivity index (χ2n) is 9.29. The molecule has 4 nitrogen and oxygen atoms in total. The number of pyridine rings is 2. The van der Waals surface area contributed by atoms with Crippen LogP contribution < -0.4 is 0 Å². The van der Waals surface area contributed by atoms with E-state index in [-0.39, 0.29) is 5.75 Å². The van der Waals surface area contributed by atoms with Gasteiger partial charge in [0.1, 0.15) is 16.4 Å². The van der Waals surface area contributed by atoms with Gasteiger partial charge in [0.25, 0.3) is 0 Å². The van der Waals surface area contributed by atoms with Crippen molar-refractivity contribution in [2.45, 2.75) is 9.92 Å². The average Bonchev–Trinajstić information content (AvgIpc) is 3.32. The van der Waals surface area contributed by atoms with E-state index in [1.807, 2.05) is 53.2 Å². The molecule has 186 valence electrons. The van der Waals surface area contributed by atoms with E-state index < -0.39 is 0 Å². The van der Waals surface area contributed by atoms with Gasteiger partial charge in [0, 0.05) is 27.4 Å². The molecule has 0 atom stereocenters. The quantitative estimate of drug-likeness (QED) is 0.246. The van der Waals surface area contributed by atoms with Crippen molar-refractivity contribution in [3.05, 3.63) is 134 Å². The Morgan fingerprint density at radius 2 is 1.41 bits per heavy atom. The van der Waals surface area contributed by atoms with Crippen molar-refractivity contribution in [3.63, 3.8) is 0 Å². The first-order valence-electron chi connectivity index (χ1n) is 12.7. The molecule has 3 heterocycles. The predicted molar refractivity (Wildman–Crippen MR) is 159 cm³/mol. The van der Waals surface area contributed by atoms with Crippen LogP contribution in [0.15, 0.2) is 144 Å². The molecule has 0 aliphatic rings. The van der Waals surface area contributed by atoms with E-state index in [0.29, 0.717) is 5.69 Å². The highest BCUT2D eigenvalue weighted by Gasteiger charge is 2.16. The van der Waals surface area contributed by atoms with Gasteiger partial charge in [-0.15, -0.1) is 0 Å². The first kappa shape index (κ1) is 23.3. The van der Waals surface area contributed by atoms with Gasteiger partial charge in [-0.3, -0.25) is 4.57 Å². The predicted octanol–water partition coefficient (Wildman–Crippen LogP) is 8.76. The molecule has 0 unspecified atom stereocenters. The van der Waals surface area contributed by atoms with Gasteiger partial charge in [-0.1, -0.05) is 84.6 Å². The molecule has 0 amide bonds. The number of para-hydroxylation sites is 3. The lowest BCUT2D eigenvalue weighted by atomic mass is 10.1. The highest BCUT2D eigenvalue weighted by Crippen LogP contribution is 2.36. The highest BCUT2D eigenvalue weighted by atomic mass is 32.2. The molecule has 0 saturated heterocycles. The molecule has 0 aliphatic heterocycles. The zero-order valence-electron chi connectivity index (χ0n) is 20.9. The number of hydrogen-bond donors (Lipinski definition) is 1. The van der Waals surface area contributed by atoms with Crippen LogP contribution in [0.5, 0.6) is 5.75 Å². The van der Waals surface area contributed by atoms with E-state index in [1.54, 1.807) is 17.8 Å². The van der Waals surface area contributed by atoms with Gasteiger partial charge >= 0.3 is 0 Å². The molecular formula is C34H23N3OS. The summed E-state index contributed by atoms with van der Waals surface area (Å²) >= 11 is 1.64. The average molecular weight is 522 g/mol. The van der Waals surface area contributed by atoms with Gasteiger partial charge in [-0.2, -0.15) is 0 Å². The number of nitrogens with zero attached hydrogens (tertiary/aromatic N) is 3. The third kappa shape index (κ3) is 4.33. The van der Waals surface area contributed by atoms with Crippen molar-refractivity contribution in [2.75, 3.05) is 0 Å². The number of phenolic OH excluding ortho intramolecular Hbond substituents is 1. The molecule has 0 radical (unpaired) electrons. The lowest BCUT2D eigenvalue weighted by molar-refractivity contribution is 0.473. The summed E-state index contributed by atoms with van der Waals surface area (Å²) in [6.45, 7) is 0. The summed E-state index contributed by atoms with van der Waals surface area (Å²) in [5.74, 6) is 0.219. The van der Waals surface area contributed by atoms with Crippen molar-refractivity contribution in [1.82, 2.24) is 14.5 Å². The van der Waals surface area contributed by atoms with Crippen LogP contribution >= 0.6 is 11.8 Å². The largest absolute Gasteiger partial charge is 0.506 e. The summed E-state index contributed by atoms with van der Waals surface area (Å²) in [5, 5.41) is 13.8. The number of fused-ring (bicyclic) bond motifs is 3. The van der Waals surface area contributed by atoms with Crippen LogP contribution in [0.3, 0.4) is 0 Å². The second-order valence-corrected chi connectivity index (χ2v) is 10.4. The molecular weight excluding hydrogens is 498 g/mol. The third-order valence-electron chi connectivity index (χ3n) is 6.84. The van der Waals surface area contributed by atoms with Gasteiger partial charge in [0.05, 0.1) is 16.9 Å². The van der Waals surface area contributed by atoms with E-state index in [9.17, 15) is 5.11 Å². The second kappa shape index (κ2) is 9.78. The van der Waals surface area contributed by atoms with Crippen LogP contribution in [-0.2, 0) is 0 Å². The van der Waals surface area contributed by atoms with Crippen molar-refractivity contribution >= 4 is 33.7 Å². The summed E-state index contributed by atoms with van der Waals surface area (Å²) in [4.78, 5) is 10.8. The Bertz CT molecular complexity index is 1960. The lowest BCUT2D eigenvalue weighted by Gasteiger charge is -2.10. The van der Waals surface area contributed by atoms with E-state index in [1.165, 1.54) is 5.56 Å². The van der Waals surface area contributed by atoms with Crippen LogP contribution in [0, 0.1) is 0 Å². The molecule has 0 fully saturated rings. The number of hydrogen-bond acceptors (Lipinski definition) is 4. The number of aromatic nitrogens is 3. The summed E-state index contributed by atoms with van der Waals surface area (Å²) < 4.78 is 2.04. The van der Waals surface area contributed by atoms with Crippen LogP contribution in [0.4, 0.5) is 0 Å². The minimum Gasteiger partial charge on any atom is -0.506 e. The maximum absolute atomic E-state index is 10.7. The fourth-order valence-corrected chi connectivity index (χ4v) is 5.89. The SMILES string of the molecule is Oc1ccccc1-n1c2ccccc2c2ccc(-c3cccc(Sc4cc(-c5ccccc5)ccn4)c3)nc21.